The zero-order valence-corrected chi connectivity index (χ0v) is 11.3. The third kappa shape index (κ3) is 4.71. The highest BCUT2D eigenvalue weighted by Crippen LogP contribution is 2.15. The fourth-order valence-electron chi connectivity index (χ4n) is 2.10. The summed E-state index contributed by atoms with van der Waals surface area (Å²) in [6.07, 6.45) is 4.32. The molecule has 4 heteroatoms. The molecule has 1 amide bonds. The van der Waals surface area contributed by atoms with Crippen LogP contribution in [0.5, 0.6) is 0 Å². The molecule has 0 atom stereocenters. The molecule has 1 rings (SSSR count). The van der Waals surface area contributed by atoms with E-state index < -0.39 is 0 Å². The quantitative estimate of drug-likeness (QED) is 0.808. The summed E-state index contributed by atoms with van der Waals surface area (Å²) in [4.78, 5) is 14.2. The number of hydrogen-bond acceptors (Lipinski definition) is 2. The minimum absolute atomic E-state index is 0. The lowest BCUT2D eigenvalue weighted by Gasteiger charge is -2.28. The normalized spacial score (nSPS) is 16.6. The second kappa shape index (κ2) is 8.82. The first-order valence-electron chi connectivity index (χ1n) is 6.29. The highest BCUT2D eigenvalue weighted by Gasteiger charge is 2.24. The van der Waals surface area contributed by atoms with Crippen LogP contribution in [0.25, 0.3) is 0 Å². The molecule has 1 saturated heterocycles. The molecule has 1 heterocycles. The number of amides is 1. The Hall–Kier alpha value is -0.280. The average Bonchev–Trinajstić information content (AvgIpc) is 2.31. The predicted molar refractivity (Wildman–Crippen MR) is 70.0 cm³/mol. The smallest absolute Gasteiger partial charge is 0.225 e. The van der Waals surface area contributed by atoms with Crippen LogP contribution in [0.4, 0.5) is 0 Å². The largest absolute Gasteiger partial charge is 0.343 e. The van der Waals surface area contributed by atoms with Gasteiger partial charge in [0.05, 0.1) is 0 Å². The fourth-order valence-corrected chi connectivity index (χ4v) is 2.10. The fraction of sp³-hybridized carbons (Fsp3) is 0.917. The monoisotopic (exact) mass is 248 g/mol. The maximum absolute atomic E-state index is 12.1. The van der Waals surface area contributed by atoms with Crippen molar-refractivity contribution in [3.63, 3.8) is 0 Å². The standard InChI is InChI=1S/C12H24N2O.ClH/c1-3-5-10-14(4-2)12(15)11-6-8-13-9-7-11;/h11,13H,3-10H2,1-2H3;1H. The maximum atomic E-state index is 12.1. The summed E-state index contributed by atoms with van der Waals surface area (Å²) < 4.78 is 0. The van der Waals surface area contributed by atoms with Crippen molar-refractivity contribution in [3.8, 4) is 0 Å². The number of hydrogen-bond donors (Lipinski definition) is 1. The van der Waals surface area contributed by atoms with Gasteiger partial charge in [0.15, 0.2) is 0 Å². The molecule has 16 heavy (non-hydrogen) atoms. The number of piperidine rings is 1. The number of carbonyl (C=O) groups is 1. The third-order valence-corrected chi connectivity index (χ3v) is 3.16. The summed E-state index contributed by atoms with van der Waals surface area (Å²) in [7, 11) is 0. The van der Waals surface area contributed by atoms with Crippen LogP contribution in [-0.4, -0.2) is 37.0 Å². The lowest BCUT2D eigenvalue weighted by molar-refractivity contribution is -0.136. The summed E-state index contributed by atoms with van der Waals surface area (Å²) in [5, 5.41) is 3.30. The lowest BCUT2D eigenvalue weighted by atomic mass is 9.96. The van der Waals surface area contributed by atoms with E-state index in [2.05, 4.69) is 19.2 Å². The van der Waals surface area contributed by atoms with Crippen LogP contribution in [-0.2, 0) is 4.79 Å². The molecular weight excluding hydrogens is 224 g/mol. The van der Waals surface area contributed by atoms with Gasteiger partial charge in [-0.25, -0.2) is 0 Å². The zero-order chi connectivity index (χ0) is 11.1. The predicted octanol–water partition coefficient (Wildman–Crippen LogP) is 2.06. The van der Waals surface area contributed by atoms with E-state index in [1.54, 1.807) is 0 Å². The Bertz CT molecular complexity index is 193. The van der Waals surface area contributed by atoms with Crippen LogP contribution >= 0.6 is 12.4 Å². The molecule has 0 unspecified atom stereocenters. The van der Waals surface area contributed by atoms with Crippen molar-refractivity contribution in [2.45, 2.75) is 39.5 Å². The van der Waals surface area contributed by atoms with Gasteiger partial charge < -0.3 is 10.2 Å². The molecule has 0 aromatic rings. The Labute approximate surface area is 105 Å². The molecule has 0 spiro atoms. The first-order chi connectivity index (χ1) is 7.29. The second-order valence-electron chi connectivity index (χ2n) is 4.30. The first kappa shape index (κ1) is 15.7. The molecule has 1 aliphatic rings. The van der Waals surface area contributed by atoms with Crippen molar-refractivity contribution in [3.05, 3.63) is 0 Å². The summed E-state index contributed by atoms with van der Waals surface area (Å²) >= 11 is 0. The van der Waals surface area contributed by atoms with E-state index in [-0.39, 0.29) is 18.3 Å². The highest BCUT2D eigenvalue weighted by molar-refractivity contribution is 5.85. The number of unbranched alkanes of at least 4 members (excludes halogenated alkanes) is 1. The van der Waals surface area contributed by atoms with Gasteiger partial charge in [-0.3, -0.25) is 4.79 Å². The molecule has 0 aromatic heterocycles. The lowest BCUT2D eigenvalue weighted by Crippen LogP contribution is -2.41. The Balaban J connectivity index is 0.00000225. The maximum Gasteiger partial charge on any atom is 0.225 e. The number of nitrogens with one attached hydrogen (secondary N) is 1. The Morgan fingerprint density at radius 2 is 1.94 bits per heavy atom. The van der Waals surface area contributed by atoms with Gasteiger partial charge in [0.2, 0.25) is 5.91 Å². The van der Waals surface area contributed by atoms with Gasteiger partial charge in [-0.2, -0.15) is 0 Å². The van der Waals surface area contributed by atoms with Gasteiger partial charge in [-0.05, 0) is 39.3 Å². The number of nitrogens with zero attached hydrogens (tertiary/aromatic N) is 1. The van der Waals surface area contributed by atoms with Crippen molar-refractivity contribution in [2.75, 3.05) is 26.2 Å². The van der Waals surface area contributed by atoms with E-state index in [0.29, 0.717) is 5.91 Å². The molecule has 96 valence electrons. The summed E-state index contributed by atoms with van der Waals surface area (Å²) in [5.74, 6) is 0.663. The molecule has 1 fully saturated rings. The van der Waals surface area contributed by atoms with Crippen molar-refractivity contribution < 1.29 is 4.79 Å². The van der Waals surface area contributed by atoms with Crippen LogP contribution in [0.1, 0.15) is 39.5 Å². The highest BCUT2D eigenvalue weighted by atomic mass is 35.5. The van der Waals surface area contributed by atoms with Crippen LogP contribution in [0.3, 0.4) is 0 Å². The van der Waals surface area contributed by atoms with Gasteiger partial charge >= 0.3 is 0 Å². The number of carbonyl (C=O) groups excluding carboxylic acids is 1. The third-order valence-electron chi connectivity index (χ3n) is 3.16. The van der Waals surface area contributed by atoms with Gasteiger partial charge in [-0.1, -0.05) is 13.3 Å². The Morgan fingerprint density at radius 3 is 2.44 bits per heavy atom. The van der Waals surface area contributed by atoms with Crippen molar-refractivity contribution in [1.82, 2.24) is 10.2 Å². The minimum atomic E-state index is 0. The van der Waals surface area contributed by atoms with Crippen LogP contribution in [0.15, 0.2) is 0 Å². The van der Waals surface area contributed by atoms with Gasteiger partial charge in [0.1, 0.15) is 0 Å². The van der Waals surface area contributed by atoms with Crippen molar-refractivity contribution in [2.24, 2.45) is 5.92 Å². The molecule has 0 aromatic carbocycles. The van der Waals surface area contributed by atoms with Crippen LogP contribution < -0.4 is 5.32 Å². The van der Waals surface area contributed by atoms with Crippen molar-refractivity contribution >= 4 is 18.3 Å². The van der Waals surface area contributed by atoms with Gasteiger partial charge in [-0.15, -0.1) is 12.4 Å². The average molecular weight is 249 g/mol. The summed E-state index contributed by atoms with van der Waals surface area (Å²) in [5.41, 5.74) is 0. The van der Waals surface area contributed by atoms with E-state index in [9.17, 15) is 4.79 Å². The van der Waals surface area contributed by atoms with Crippen molar-refractivity contribution in [1.29, 1.82) is 0 Å². The van der Waals surface area contributed by atoms with E-state index in [1.807, 2.05) is 4.90 Å². The zero-order valence-electron chi connectivity index (χ0n) is 10.5. The molecule has 0 saturated carbocycles. The molecule has 0 bridgehead atoms. The number of halogens is 1. The van der Waals surface area contributed by atoms with E-state index in [0.717, 1.165) is 51.9 Å². The number of rotatable bonds is 5. The summed E-state index contributed by atoms with van der Waals surface area (Å²) in [6.45, 7) is 8.06. The van der Waals surface area contributed by atoms with Gasteiger partial charge in [0.25, 0.3) is 0 Å². The second-order valence-corrected chi connectivity index (χ2v) is 4.30. The van der Waals surface area contributed by atoms with Crippen LogP contribution in [0, 0.1) is 5.92 Å². The van der Waals surface area contributed by atoms with E-state index in [4.69, 9.17) is 0 Å². The minimum Gasteiger partial charge on any atom is -0.343 e. The van der Waals surface area contributed by atoms with Crippen LogP contribution in [0.2, 0.25) is 0 Å². The molecule has 0 aliphatic carbocycles. The SMILES string of the molecule is CCCCN(CC)C(=O)C1CCNCC1.Cl. The van der Waals surface area contributed by atoms with E-state index >= 15 is 0 Å². The Kier molecular flexibility index (Phi) is 8.67. The molecule has 1 aliphatic heterocycles. The Morgan fingerprint density at radius 1 is 1.31 bits per heavy atom. The van der Waals surface area contributed by atoms with Gasteiger partial charge in [0, 0.05) is 19.0 Å². The molecule has 0 radical (unpaired) electrons. The molecule has 1 N–H and O–H groups in total. The molecule has 3 nitrogen and oxygen atoms in total. The first-order valence-corrected chi connectivity index (χ1v) is 6.29. The topological polar surface area (TPSA) is 32.3 Å². The summed E-state index contributed by atoms with van der Waals surface area (Å²) in [6, 6.07) is 0. The molecular formula is C12H25ClN2O. The van der Waals surface area contributed by atoms with E-state index in [1.165, 1.54) is 0 Å².